The maximum atomic E-state index is 12.6. The lowest BCUT2D eigenvalue weighted by Gasteiger charge is -2.25. The van der Waals surface area contributed by atoms with Crippen LogP contribution in [0.2, 0.25) is 0 Å². The summed E-state index contributed by atoms with van der Waals surface area (Å²) in [5.74, 6) is -1.36. The van der Waals surface area contributed by atoms with E-state index in [0.717, 1.165) is 23.0 Å². The highest BCUT2D eigenvalue weighted by Crippen LogP contribution is 2.30. The number of carboxylic acids is 1. The third kappa shape index (κ3) is 2.96. The zero-order valence-electron chi connectivity index (χ0n) is 13.3. The molecule has 1 heterocycles. The molecule has 0 spiro atoms. The molecule has 1 fully saturated rings. The van der Waals surface area contributed by atoms with E-state index in [1.54, 1.807) is 11.6 Å². The van der Waals surface area contributed by atoms with Gasteiger partial charge in [0.15, 0.2) is 0 Å². The van der Waals surface area contributed by atoms with Crippen molar-refractivity contribution in [3.05, 3.63) is 46.2 Å². The first-order valence-corrected chi connectivity index (χ1v) is 8.59. The van der Waals surface area contributed by atoms with Gasteiger partial charge in [0, 0.05) is 4.47 Å². The molecule has 0 bridgehead atoms. The van der Waals surface area contributed by atoms with Crippen molar-refractivity contribution in [1.29, 1.82) is 0 Å². The second-order valence-corrected chi connectivity index (χ2v) is 7.00. The van der Waals surface area contributed by atoms with Crippen LogP contribution in [0.3, 0.4) is 0 Å². The highest BCUT2D eigenvalue weighted by Gasteiger charge is 2.43. The normalized spacial score (nSPS) is 16.1. The summed E-state index contributed by atoms with van der Waals surface area (Å²) in [6.45, 7) is 1.80. The highest BCUT2D eigenvalue weighted by atomic mass is 79.9. The second kappa shape index (κ2) is 6.39. The predicted octanol–water partition coefficient (Wildman–Crippen LogP) is 3.07. The Morgan fingerprint density at radius 2 is 1.88 bits per heavy atom. The number of halogens is 1. The molecule has 0 radical (unpaired) electrons. The molecule has 1 aliphatic carbocycles. The molecule has 3 rings (SSSR count). The summed E-state index contributed by atoms with van der Waals surface area (Å²) in [6.07, 6.45) is 4.03. The van der Waals surface area contributed by atoms with E-state index < -0.39 is 11.5 Å². The minimum Gasteiger partial charge on any atom is -0.480 e. The van der Waals surface area contributed by atoms with Crippen molar-refractivity contribution >= 4 is 27.8 Å². The Morgan fingerprint density at radius 3 is 2.46 bits per heavy atom. The molecule has 1 amide bonds. The summed E-state index contributed by atoms with van der Waals surface area (Å²) in [5.41, 5.74) is 0.755. The van der Waals surface area contributed by atoms with Crippen LogP contribution in [0.5, 0.6) is 0 Å². The zero-order chi connectivity index (χ0) is 17.3. The van der Waals surface area contributed by atoms with Crippen LogP contribution < -0.4 is 5.32 Å². The number of aromatic nitrogens is 2. The smallest absolute Gasteiger partial charge is 0.329 e. The third-order valence-corrected chi connectivity index (χ3v) is 5.07. The highest BCUT2D eigenvalue weighted by molar-refractivity contribution is 9.10. The first-order valence-electron chi connectivity index (χ1n) is 7.79. The summed E-state index contributed by atoms with van der Waals surface area (Å²) < 4.78 is 2.63. The van der Waals surface area contributed by atoms with E-state index in [0.29, 0.717) is 24.1 Å². The molecule has 0 aliphatic heterocycles. The van der Waals surface area contributed by atoms with Gasteiger partial charge in [-0.2, -0.15) is 5.10 Å². The van der Waals surface area contributed by atoms with Gasteiger partial charge < -0.3 is 10.4 Å². The van der Waals surface area contributed by atoms with Crippen LogP contribution in [0.4, 0.5) is 0 Å². The van der Waals surface area contributed by atoms with Crippen LogP contribution in [0.1, 0.15) is 41.7 Å². The Balaban J connectivity index is 1.86. The van der Waals surface area contributed by atoms with Crippen LogP contribution >= 0.6 is 15.9 Å². The van der Waals surface area contributed by atoms with Gasteiger partial charge >= 0.3 is 5.97 Å². The van der Waals surface area contributed by atoms with Gasteiger partial charge in [-0.15, -0.1) is 0 Å². The van der Waals surface area contributed by atoms with Gasteiger partial charge in [0.25, 0.3) is 5.91 Å². The van der Waals surface area contributed by atoms with Gasteiger partial charge in [-0.05, 0) is 44.0 Å². The van der Waals surface area contributed by atoms with Crippen molar-refractivity contribution < 1.29 is 14.7 Å². The van der Waals surface area contributed by atoms with Crippen LogP contribution in [-0.4, -0.2) is 32.3 Å². The van der Waals surface area contributed by atoms with Crippen LogP contribution in [0.15, 0.2) is 34.9 Å². The van der Waals surface area contributed by atoms with E-state index in [4.69, 9.17) is 0 Å². The van der Waals surface area contributed by atoms with Crippen molar-refractivity contribution in [1.82, 2.24) is 15.1 Å². The molecule has 24 heavy (non-hydrogen) atoms. The monoisotopic (exact) mass is 391 g/mol. The first-order chi connectivity index (χ1) is 11.4. The molecule has 0 saturated heterocycles. The Hall–Kier alpha value is -2.15. The number of benzene rings is 1. The molecular formula is C17H18BrN3O3. The van der Waals surface area contributed by atoms with Crippen molar-refractivity contribution in [2.75, 3.05) is 0 Å². The molecule has 6 nitrogen and oxygen atoms in total. The third-order valence-electron chi connectivity index (χ3n) is 4.54. The summed E-state index contributed by atoms with van der Waals surface area (Å²) in [4.78, 5) is 24.2. The van der Waals surface area contributed by atoms with Crippen molar-refractivity contribution in [3.8, 4) is 5.69 Å². The lowest BCUT2D eigenvalue weighted by atomic mass is 9.97. The average Bonchev–Trinajstić information content (AvgIpc) is 3.16. The van der Waals surface area contributed by atoms with Gasteiger partial charge in [-0.25, -0.2) is 9.48 Å². The number of carbonyl (C=O) groups is 2. The molecule has 126 valence electrons. The van der Waals surface area contributed by atoms with Crippen molar-refractivity contribution in [3.63, 3.8) is 0 Å². The fourth-order valence-electron chi connectivity index (χ4n) is 3.13. The van der Waals surface area contributed by atoms with E-state index in [2.05, 4.69) is 26.3 Å². The molecule has 7 heteroatoms. The van der Waals surface area contributed by atoms with Gasteiger partial charge in [0.1, 0.15) is 5.54 Å². The maximum Gasteiger partial charge on any atom is 0.329 e. The number of hydrogen-bond donors (Lipinski definition) is 2. The van der Waals surface area contributed by atoms with Crippen molar-refractivity contribution in [2.45, 2.75) is 38.1 Å². The first kappa shape index (κ1) is 16.7. The summed E-state index contributed by atoms with van der Waals surface area (Å²) >= 11 is 3.38. The average molecular weight is 392 g/mol. The number of carboxylic acid groups (broad SMARTS) is 1. The van der Waals surface area contributed by atoms with E-state index in [1.807, 2.05) is 24.3 Å². The van der Waals surface area contributed by atoms with E-state index in [9.17, 15) is 14.7 Å². The van der Waals surface area contributed by atoms with Gasteiger partial charge in [0.2, 0.25) is 0 Å². The van der Waals surface area contributed by atoms with Crippen LogP contribution in [-0.2, 0) is 4.79 Å². The summed E-state index contributed by atoms with van der Waals surface area (Å²) in [6, 6.07) is 7.57. The Kier molecular flexibility index (Phi) is 4.45. The molecule has 2 aromatic rings. The molecule has 0 unspecified atom stereocenters. The van der Waals surface area contributed by atoms with E-state index >= 15 is 0 Å². The number of nitrogens with zero attached hydrogens (tertiary/aromatic N) is 2. The quantitative estimate of drug-likeness (QED) is 0.838. The number of rotatable bonds is 4. The summed E-state index contributed by atoms with van der Waals surface area (Å²) in [5, 5.41) is 16.5. The lowest BCUT2D eigenvalue weighted by Crippen LogP contribution is -2.52. The fourth-order valence-corrected chi connectivity index (χ4v) is 3.39. The number of carbonyl (C=O) groups excluding carboxylic acids is 1. The van der Waals surface area contributed by atoms with E-state index in [-0.39, 0.29) is 5.91 Å². The van der Waals surface area contributed by atoms with E-state index in [1.165, 1.54) is 6.20 Å². The van der Waals surface area contributed by atoms with Crippen LogP contribution in [0.25, 0.3) is 5.69 Å². The van der Waals surface area contributed by atoms with Crippen LogP contribution in [0, 0.1) is 6.92 Å². The summed E-state index contributed by atoms with van der Waals surface area (Å²) in [7, 11) is 0. The predicted molar refractivity (Wildman–Crippen MR) is 92.3 cm³/mol. The minimum atomic E-state index is -1.15. The number of amides is 1. The molecule has 1 aromatic heterocycles. The molecule has 0 atom stereocenters. The van der Waals surface area contributed by atoms with Gasteiger partial charge in [-0.3, -0.25) is 4.79 Å². The van der Waals surface area contributed by atoms with Gasteiger partial charge in [0.05, 0.1) is 23.1 Å². The largest absolute Gasteiger partial charge is 0.480 e. The SMILES string of the molecule is Cc1c(C(=O)NC2(C(=O)O)CCCC2)cnn1-c1ccc(Br)cc1. The maximum absolute atomic E-state index is 12.6. The standard InChI is InChI=1S/C17H18BrN3O3/c1-11-14(10-19-21(11)13-6-4-12(18)5-7-13)15(22)20-17(16(23)24)8-2-3-9-17/h4-7,10H,2-3,8-9H2,1H3,(H,20,22)(H,23,24). The molecule has 1 saturated carbocycles. The Labute approximate surface area is 148 Å². The van der Waals surface area contributed by atoms with Crippen molar-refractivity contribution in [2.24, 2.45) is 0 Å². The fraction of sp³-hybridized carbons (Fsp3) is 0.353. The molecule has 1 aliphatic rings. The Morgan fingerprint density at radius 1 is 1.25 bits per heavy atom. The minimum absolute atomic E-state index is 0.389. The lowest BCUT2D eigenvalue weighted by molar-refractivity contribution is -0.144. The second-order valence-electron chi connectivity index (χ2n) is 6.08. The molecular weight excluding hydrogens is 374 g/mol. The molecule has 2 N–H and O–H groups in total. The molecule has 1 aromatic carbocycles. The van der Waals surface area contributed by atoms with Gasteiger partial charge in [-0.1, -0.05) is 28.8 Å². The number of aliphatic carboxylic acids is 1. The topological polar surface area (TPSA) is 84.2 Å². The number of hydrogen-bond acceptors (Lipinski definition) is 3. The zero-order valence-corrected chi connectivity index (χ0v) is 14.8. The Bertz CT molecular complexity index is 777. The number of nitrogens with one attached hydrogen (secondary N) is 1.